The van der Waals surface area contributed by atoms with Gasteiger partial charge in [0.05, 0.1) is 17.4 Å². The number of rotatable bonds is 4. The summed E-state index contributed by atoms with van der Waals surface area (Å²) in [6.07, 6.45) is 3.80. The maximum Gasteiger partial charge on any atom is 0.312 e. The van der Waals surface area contributed by atoms with Crippen LogP contribution in [0.3, 0.4) is 0 Å². The van der Waals surface area contributed by atoms with E-state index >= 15 is 0 Å². The molecule has 2 rings (SSSR count). The molecule has 0 amide bonds. The fourth-order valence-corrected chi connectivity index (χ4v) is 3.08. The number of carbonyl (C=O) groups is 1. The maximum absolute atomic E-state index is 12.1. The maximum atomic E-state index is 12.1. The quantitative estimate of drug-likeness (QED) is 0.481. The summed E-state index contributed by atoms with van der Waals surface area (Å²) >= 11 is 0. The highest BCUT2D eigenvalue weighted by molar-refractivity contribution is 5.77. The highest BCUT2D eigenvalue weighted by atomic mass is 16.6. The van der Waals surface area contributed by atoms with Crippen LogP contribution in [0.15, 0.2) is 18.2 Å². The number of nitrogens with zero attached hydrogens (tertiary/aromatic N) is 1. The van der Waals surface area contributed by atoms with E-state index < -0.39 is 5.41 Å². The molecule has 0 N–H and O–H groups in total. The zero-order chi connectivity index (χ0) is 14.8. The van der Waals surface area contributed by atoms with E-state index in [-0.39, 0.29) is 16.6 Å². The lowest BCUT2D eigenvalue weighted by atomic mass is 9.79. The van der Waals surface area contributed by atoms with Crippen LogP contribution < -0.4 is 0 Å². The van der Waals surface area contributed by atoms with Gasteiger partial charge in [0, 0.05) is 11.6 Å². The summed E-state index contributed by atoms with van der Waals surface area (Å²) in [7, 11) is 1.38. The molecule has 5 nitrogen and oxygen atoms in total. The summed E-state index contributed by atoms with van der Waals surface area (Å²) in [6.45, 7) is 1.82. The molecule has 108 valence electrons. The Bertz CT molecular complexity index is 533. The third-order valence-corrected chi connectivity index (χ3v) is 4.15. The van der Waals surface area contributed by atoms with E-state index in [9.17, 15) is 14.9 Å². The van der Waals surface area contributed by atoms with Crippen molar-refractivity contribution in [2.24, 2.45) is 5.41 Å². The summed E-state index contributed by atoms with van der Waals surface area (Å²) < 4.78 is 4.92. The van der Waals surface area contributed by atoms with Gasteiger partial charge in [-0.15, -0.1) is 0 Å². The molecule has 5 heteroatoms. The lowest BCUT2D eigenvalue weighted by Crippen LogP contribution is -2.32. The number of aryl methyl sites for hydroxylation is 1. The number of ether oxygens (including phenoxy) is 1. The molecule has 0 spiro atoms. The first-order valence-electron chi connectivity index (χ1n) is 6.81. The van der Waals surface area contributed by atoms with E-state index in [4.69, 9.17) is 4.74 Å². The molecule has 1 saturated carbocycles. The summed E-state index contributed by atoms with van der Waals surface area (Å²) in [6, 6.07) is 5.17. The summed E-state index contributed by atoms with van der Waals surface area (Å²) in [5.41, 5.74) is 0.974. The third-order valence-electron chi connectivity index (χ3n) is 4.15. The number of nitro groups is 1. The molecule has 0 aromatic heterocycles. The molecule has 0 atom stereocenters. The van der Waals surface area contributed by atoms with Crippen LogP contribution in [0.2, 0.25) is 0 Å². The fourth-order valence-electron chi connectivity index (χ4n) is 3.08. The van der Waals surface area contributed by atoms with Crippen molar-refractivity contribution in [3.8, 4) is 0 Å². The summed E-state index contributed by atoms with van der Waals surface area (Å²) in [5.74, 6) is -0.245. The Morgan fingerprint density at radius 2 is 2.05 bits per heavy atom. The van der Waals surface area contributed by atoms with Gasteiger partial charge in [-0.2, -0.15) is 0 Å². The van der Waals surface area contributed by atoms with Gasteiger partial charge in [0.15, 0.2) is 0 Å². The number of methoxy groups -OCH3 is 1. The molecule has 0 radical (unpaired) electrons. The van der Waals surface area contributed by atoms with Crippen molar-refractivity contribution in [1.82, 2.24) is 0 Å². The fraction of sp³-hybridized carbons (Fsp3) is 0.533. The number of esters is 1. The minimum atomic E-state index is -0.589. The van der Waals surface area contributed by atoms with Crippen LogP contribution in [0.4, 0.5) is 5.69 Å². The van der Waals surface area contributed by atoms with Gasteiger partial charge in [-0.05, 0) is 31.7 Å². The molecule has 0 saturated heterocycles. The Morgan fingerprint density at radius 3 is 2.60 bits per heavy atom. The zero-order valence-corrected chi connectivity index (χ0v) is 11.8. The Balaban J connectivity index is 2.37. The second-order valence-electron chi connectivity index (χ2n) is 5.55. The van der Waals surface area contributed by atoms with E-state index in [2.05, 4.69) is 0 Å². The van der Waals surface area contributed by atoms with Crippen LogP contribution in [-0.2, 0) is 16.0 Å². The Hall–Kier alpha value is -1.91. The summed E-state index contributed by atoms with van der Waals surface area (Å²) in [5, 5.41) is 11.2. The van der Waals surface area contributed by atoms with Crippen LogP contribution in [0.5, 0.6) is 0 Å². The average Bonchev–Trinajstić information content (AvgIpc) is 2.89. The van der Waals surface area contributed by atoms with Crippen molar-refractivity contribution in [2.45, 2.75) is 39.0 Å². The molecule has 0 bridgehead atoms. The van der Waals surface area contributed by atoms with E-state index in [0.29, 0.717) is 12.0 Å². The Kier molecular flexibility index (Phi) is 4.06. The predicted molar refractivity (Wildman–Crippen MR) is 74.5 cm³/mol. The topological polar surface area (TPSA) is 69.4 Å². The molecule has 1 aromatic rings. The summed E-state index contributed by atoms with van der Waals surface area (Å²) in [4.78, 5) is 22.9. The largest absolute Gasteiger partial charge is 0.469 e. The van der Waals surface area contributed by atoms with Gasteiger partial charge >= 0.3 is 5.97 Å². The van der Waals surface area contributed by atoms with Crippen LogP contribution in [0, 0.1) is 22.5 Å². The van der Waals surface area contributed by atoms with Crippen LogP contribution in [0.1, 0.15) is 36.8 Å². The smallest absolute Gasteiger partial charge is 0.312 e. The first-order chi connectivity index (χ1) is 9.48. The SMILES string of the molecule is COC(=O)C1(Cc2ccc(C)cc2[N+](=O)[O-])CCCC1. The predicted octanol–water partition coefficient (Wildman–Crippen LogP) is 3.18. The second-order valence-corrected chi connectivity index (χ2v) is 5.55. The number of nitro benzene ring substituents is 1. The third kappa shape index (κ3) is 2.66. The minimum absolute atomic E-state index is 0.0974. The molecule has 1 fully saturated rings. The van der Waals surface area contributed by atoms with Crippen LogP contribution >= 0.6 is 0 Å². The van der Waals surface area contributed by atoms with Crippen molar-refractivity contribution in [3.63, 3.8) is 0 Å². The number of carbonyl (C=O) groups excluding carboxylic acids is 1. The normalized spacial score (nSPS) is 16.9. The first kappa shape index (κ1) is 14.5. The Labute approximate surface area is 118 Å². The van der Waals surface area contributed by atoms with E-state index in [1.807, 2.05) is 13.0 Å². The van der Waals surface area contributed by atoms with Crippen LogP contribution in [0.25, 0.3) is 0 Å². The second kappa shape index (κ2) is 5.61. The highest BCUT2D eigenvalue weighted by Crippen LogP contribution is 2.43. The van der Waals surface area contributed by atoms with Gasteiger partial charge in [0.1, 0.15) is 0 Å². The molecule has 1 aliphatic carbocycles. The average molecular weight is 277 g/mol. The lowest BCUT2D eigenvalue weighted by molar-refractivity contribution is -0.385. The molecular formula is C15H19NO4. The van der Waals surface area contributed by atoms with E-state index in [1.165, 1.54) is 7.11 Å². The Morgan fingerprint density at radius 1 is 1.40 bits per heavy atom. The molecule has 20 heavy (non-hydrogen) atoms. The van der Waals surface area contributed by atoms with E-state index in [0.717, 1.165) is 31.2 Å². The van der Waals surface area contributed by atoms with Gasteiger partial charge < -0.3 is 4.74 Å². The standard InChI is InChI=1S/C15H19NO4/c1-11-5-6-12(13(9-11)16(18)19)10-15(14(17)20-2)7-3-4-8-15/h5-6,9H,3-4,7-8,10H2,1-2H3. The van der Waals surface area contributed by atoms with Gasteiger partial charge in [-0.1, -0.05) is 25.0 Å². The van der Waals surface area contributed by atoms with Gasteiger partial charge in [0.2, 0.25) is 0 Å². The highest BCUT2D eigenvalue weighted by Gasteiger charge is 2.43. The lowest BCUT2D eigenvalue weighted by Gasteiger charge is -2.25. The van der Waals surface area contributed by atoms with Gasteiger partial charge in [-0.25, -0.2) is 0 Å². The van der Waals surface area contributed by atoms with Crippen molar-refractivity contribution in [1.29, 1.82) is 0 Å². The van der Waals surface area contributed by atoms with Crippen molar-refractivity contribution < 1.29 is 14.5 Å². The molecule has 0 unspecified atom stereocenters. The number of hydrogen-bond donors (Lipinski definition) is 0. The van der Waals surface area contributed by atoms with Crippen LogP contribution in [-0.4, -0.2) is 18.0 Å². The van der Waals surface area contributed by atoms with Gasteiger partial charge in [-0.3, -0.25) is 14.9 Å². The zero-order valence-electron chi connectivity index (χ0n) is 11.8. The first-order valence-corrected chi connectivity index (χ1v) is 6.81. The molecule has 0 heterocycles. The number of hydrogen-bond acceptors (Lipinski definition) is 4. The van der Waals surface area contributed by atoms with Crippen molar-refractivity contribution in [3.05, 3.63) is 39.4 Å². The van der Waals surface area contributed by atoms with Gasteiger partial charge in [0.25, 0.3) is 5.69 Å². The molecule has 1 aliphatic rings. The monoisotopic (exact) mass is 277 g/mol. The molecule has 0 aliphatic heterocycles. The molecule has 1 aromatic carbocycles. The van der Waals surface area contributed by atoms with E-state index in [1.54, 1.807) is 12.1 Å². The van der Waals surface area contributed by atoms with Crippen molar-refractivity contribution in [2.75, 3.05) is 7.11 Å². The van der Waals surface area contributed by atoms with Crippen molar-refractivity contribution >= 4 is 11.7 Å². The molecular weight excluding hydrogens is 258 g/mol. The minimum Gasteiger partial charge on any atom is -0.469 e. The number of benzene rings is 1.